The Kier molecular flexibility index (Phi) is 9.15. The fourth-order valence-electron chi connectivity index (χ4n) is 9.58. The molecule has 8 rings (SSSR count). The van der Waals surface area contributed by atoms with Gasteiger partial charge in [0.15, 0.2) is 5.82 Å². The first kappa shape index (κ1) is 36.4. The topological polar surface area (TPSA) is 83.9 Å². The highest BCUT2D eigenvalue weighted by atomic mass is 19.1. The Hall–Kier alpha value is -4.63. The van der Waals surface area contributed by atoms with Gasteiger partial charge in [0.2, 0.25) is 0 Å². The van der Waals surface area contributed by atoms with Crippen LogP contribution in [-0.4, -0.2) is 93.0 Å². The van der Waals surface area contributed by atoms with E-state index in [1.54, 1.807) is 18.2 Å². The number of halogens is 3. The summed E-state index contributed by atoms with van der Waals surface area (Å²) in [4.78, 5) is 34.5. The van der Waals surface area contributed by atoms with E-state index in [-0.39, 0.29) is 53.5 Å². The van der Waals surface area contributed by atoms with E-state index >= 15 is 8.78 Å². The Bertz CT molecular complexity index is 2190. The van der Waals surface area contributed by atoms with Crippen LogP contribution >= 0.6 is 0 Å². The van der Waals surface area contributed by atoms with Gasteiger partial charge in [0.25, 0.3) is 0 Å². The molecule has 0 bridgehead atoms. The summed E-state index contributed by atoms with van der Waals surface area (Å²) < 4.78 is 59.6. The van der Waals surface area contributed by atoms with Crippen molar-refractivity contribution in [2.45, 2.75) is 103 Å². The first-order valence-corrected chi connectivity index (χ1v) is 19.2. The molecule has 9 nitrogen and oxygen atoms in total. The van der Waals surface area contributed by atoms with Gasteiger partial charge in [-0.05, 0) is 76.8 Å². The van der Waals surface area contributed by atoms with Gasteiger partial charge in [0.05, 0.1) is 34.3 Å². The van der Waals surface area contributed by atoms with Gasteiger partial charge < -0.3 is 19.3 Å². The summed E-state index contributed by atoms with van der Waals surface area (Å²) in [6.07, 6.45) is 8.44. The number of piperazine rings is 1. The molecule has 4 aromatic rings. The van der Waals surface area contributed by atoms with Crippen molar-refractivity contribution in [1.82, 2.24) is 24.8 Å². The summed E-state index contributed by atoms with van der Waals surface area (Å²) in [5.41, 5.74) is -0.0605. The van der Waals surface area contributed by atoms with Crippen molar-refractivity contribution in [1.29, 1.82) is 0 Å². The summed E-state index contributed by atoms with van der Waals surface area (Å²) in [5, 5.41) is 1.54. The molecule has 3 fully saturated rings. The molecule has 0 aliphatic carbocycles. The van der Waals surface area contributed by atoms with E-state index < -0.39 is 28.9 Å². The van der Waals surface area contributed by atoms with Crippen LogP contribution in [0.2, 0.25) is 0 Å². The zero-order chi connectivity index (χ0) is 38.1. The fraction of sp³-hybridized carbons (Fsp3) is 0.524. The van der Waals surface area contributed by atoms with Crippen molar-refractivity contribution in [3.8, 4) is 29.6 Å². The molecule has 284 valence electrons. The first-order chi connectivity index (χ1) is 25.8. The van der Waals surface area contributed by atoms with Crippen LogP contribution in [0.3, 0.4) is 0 Å². The molecule has 0 spiro atoms. The maximum Gasteiger partial charge on any atom is 0.410 e. The molecule has 4 aliphatic heterocycles. The van der Waals surface area contributed by atoms with E-state index in [0.29, 0.717) is 78.6 Å². The average molecular weight is 741 g/mol. The molecule has 0 saturated carbocycles. The van der Waals surface area contributed by atoms with Gasteiger partial charge in [-0.3, -0.25) is 4.90 Å². The molecule has 2 aromatic carbocycles. The number of alkyl halides is 1. The lowest BCUT2D eigenvalue weighted by Gasteiger charge is -2.51. The molecule has 5 atom stereocenters. The second kappa shape index (κ2) is 13.6. The maximum atomic E-state index is 17.4. The third-order valence-corrected chi connectivity index (χ3v) is 11.9. The zero-order valence-electron chi connectivity index (χ0n) is 31.6. The highest BCUT2D eigenvalue weighted by molar-refractivity contribution is 6.02. The molecule has 0 unspecified atom stereocenters. The van der Waals surface area contributed by atoms with E-state index in [0.717, 1.165) is 19.4 Å². The second-order valence-electron chi connectivity index (χ2n) is 16.5. The number of anilines is 1. The smallest absolute Gasteiger partial charge is 0.410 e. The minimum atomic E-state index is -0.943. The van der Waals surface area contributed by atoms with E-state index in [1.165, 1.54) is 6.07 Å². The van der Waals surface area contributed by atoms with Gasteiger partial charge in [-0.15, -0.1) is 6.42 Å². The summed E-state index contributed by atoms with van der Waals surface area (Å²) in [5.74, 6) is 1.75. The van der Waals surface area contributed by atoms with Gasteiger partial charge in [-0.2, -0.15) is 9.97 Å². The Morgan fingerprint density at radius 3 is 2.67 bits per heavy atom. The van der Waals surface area contributed by atoms with Crippen molar-refractivity contribution in [2.24, 2.45) is 5.92 Å². The summed E-state index contributed by atoms with van der Waals surface area (Å²) >= 11 is 0. The van der Waals surface area contributed by atoms with Crippen molar-refractivity contribution < 1.29 is 27.4 Å². The molecular formula is C42H47F3N6O3. The van der Waals surface area contributed by atoms with Crippen molar-refractivity contribution in [2.75, 3.05) is 37.7 Å². The van der Waals surface area contributed by atoms with Gasteiger partial charge in [-0.1, -0.05) is 44.0 Å². The number of amides is 1. The van der Waals surface area contributed by atoms with E-state index in [1.807, 2.05) is 31.7 Å². The number of nitrogens with zero attached hydrogens (tertiary/aromatic N) is 6. The Labute approximate surface area is 314 Å². The molecular weight excluding hydrogens is 693 g/mol. The SMILES string of the molecule is C#Cc1c(F)ccc2cccc(-c3nc4c5c(nc(OC[C@@]67CCCN6C[C@H](F)C7)nc5c3F)N3CCN(C(=O)OC(C)(C)C)[C@@H](CC)[C@@H]3[C@H](C)CC4)c12. The summed E-state index contributed by atoms with van der Waals surface area (Å²) in [6.45, 7) is 11.9. The Morgan fingerprint density at radius 2 is 1.91 bits per heavy atom. The maximum absolute atomic E-state index is 17.4. The molecule has 2 aromatic heterocycles. The van der Waals surface area contributed by atoms with Crippen LogP contribution < -0.4 is 9.64 Å². The van der Waals surface area contributed by atoms with Crippen molar-refractivity contribution >= 4 is 33.6 Å². The number of carbonyl (C=O) groups excluding carboxylic acids is 1. The Balaban J connectivity index is 1.31. The quantitative estimate of drug-likeness (QED) is 0.192. The predicted octanol–water partition coefficient (Wildman–Crippen LogP) is 7.85. The minimum Gasteiger partial charge on any atom is -0.461 e. The number of aryl methyl sites for hydroxylation is 1. The monoisotopic (exact) mass is 740 g/mol. The van der Waals surface area contributed by atoms with Crippen LogP contribution in [0.15, 0.2) is 30.3 Å². The number of benzene rings is 2. The number of fused-ring (bicyclic) bond motifs is 4. The molecule has 12 heteroatoms. The van der Waals surface area contributed by atoms with Crippen molar-refractivity contribution in [3.63, 3.8) is 0 Å². The molecule has 6 heterocycles. The van der Waals surface area contributed by atoms with Gasteiger partial charge >= 0.3 is 12.1 Å². The van der Waals surface area contributed by atoms with Crippen LogP contribution in [0, 0.1) is 29.9 Å². The minimum absolute atomic E-state index is 0.00842. The number of ether oxygens (including phenoxy) is 2. The van der Waals surface area contributed by atoms with Gasteiger partial charge in [-0.25, -0.2) is 22.9 Å². The third kappa shape index (κ3) is 6.09. The second-order valence-corrected chi connectivity index (χ2v) is 16.5. The Morgan fingerprint density at radius 1 is 1.09 bits per heavy atom. The average Bonchev–Trinajstić information content (AvgIpc) is 3.67. The fourth-order valence-corrected chi connectivity index (χ4v) is 9.58. The third-order valence-electron chi connectivity index (χ3n) is 11.9. The number of hydrogen-bond acceptors (Lipinski definition) is 8. The lowest BCUT2D eigenvalue weighted by molar-refractivity contribution is 0.00498. The molecule has 0 radical (unpaired) electrons. The van der Waals surface area contributed by atoms with E-state index in [9.17, 15) is 9.18 Å². The largest absolute Gasteiger partial charge is 0.461 e. The number of terminal acetylenes is 1. The van der Waals surface area contributed by atoms with Crippen LogP contribution in [0.1, 0.15) is 78.0 Å². The van der Waals surface area contributed by atoms with Crippen LogP contribution in [0.25, 0.3) is 32.9 Å². The molecule has 3 saturated heterocycles. The van der Waals surface area contributed by atoms with Crippen LogP contribution in [0.5, 0.6) is 6.01 Å². The van der Waals surface area contributed by atoms with Gasteiger partial charge in [0, 0.05) is 37.0 Å². The van der Waals surface area contributed by atoms with Crippen LogP contribution in [-0.2, 0) is 11.2 Å². The number of aromatic nitrogens is 3. The summed E-state index contributed by atoms with van der Waals surface area (Å²) in [6, 6.07) is 7.83. The zero-order valence-corrected chi connectivity index (χ0v) is 31.6. The molecule has 1 amide bonds. The number of pyridine rings is 1. The molecule has 54 heavy (non-hydrogen) atoms. The molecule has 0 N–H and O–H groups in total. The first-order valence-electron chi connectivity index (χ1n) is 19.2. The predicted molar refractivity (Wildman–Crippen MR) is 202 cm³/mol. The highest BCUT2D eigenvalue weighted by Gasteiger charge is 2.50. The van der Waals surface area contributed by atoms with Crippen LogP contribution in [0.4, 0.5) is 23.8 Å². The van der Waals surface area contributed by atoms with E-state index in [4.69, 9.17) is 30.8 Å². The number of rotatable bonds is 5. The highest BCUT2D eigenvalue weighted by Crippen LogP contribution is 2.44. The van der Waals surface area contributed by atoms with Gasteiger partial charge in [0.1, 0.15) is 41.2 Å². The lowest BCUT2D eigenvalue weighted by Crippen LogP contribution is -2.64. The lowest BCUT2D eigenvalue weighted by atomic mass is 9.83. The number of hydrogen-bond donors (Lipinski definition) is 0. The molecule has 4 aliphatic rings. The normalized spacial score (nSPS) is 25.6. The number of carbonyl (C=O) groups is 1. The summed E-state index contributed by atoms with van der Waals surface area (Å²) in [7, 11) is 0. The van der Waals surface area contributed by atoms with Crippen molar-refractivity contribution in [3.05, 3.63) is 53.2 Å². The standard InChI is InChI=1S/C42H47F3N6O3/c1-7-27-29(44)15-14-25-11-9-12-28(32(25)27)35-34(45)36-33-30(46-35)16-13-24(3)37-31(8-2)50(40(52)54-41(4,5)6)19-20-51(37)38(33)48-39(47-36)53-23-42-17-10-18-49(42)22-26(43)21-42/h1,9,11-12,14-15,24,26,31,37H,8,10,13,16-23H2,2-6H3/t24-,26-,31+,37+,42+/m1/s1. The van der Waals surface area contributed by atoms with E-state index in [2.05, 4.69) is 29.6 Å².